The van der Waals surface area contributed by atoms with Crippen LogP contribution in [-0.4, -0.2) is 18.9 Å². The van der Waals surface area contributed by atoms with E-state index >= 15 is 0 Å². The van der Waals surface area contributed by atoms with Gasteiger partial charge in [0, 0.05) is 15.6 Å². The highest BCUT2D eigenvalue weighted by molar-refractivity contribution is 9.10. The van der Waals surface area contributed by atoms with Gasteiger partial charge in [-0.3, -0.25) is 4.79 Å². The summed E-state index contributed by atoms with van der Waals surface area (Å²) in [5.41, 5.74) is 4.05. The number of hydrogen-bond donors (Lipinski definition) is 0. The van der Waals surface area contributed by atoms with Gasteiger partial charge in [0.1, 0.15) is 0 Å². The summed E-state index contributed by atoms with van der Waals surface area (Å²) in [6, 6.07) is 12.9. The van der Waals surface area contributed by atoms with Gasteiger partial charge in [0.15, 0.2) is 5.78 Å². The number of methoxy groups -OCH3 is 1. The molecule has 0 spiro atoms. The number of benzene rings is 2. The van der Waals surface area contributed by atoms with E-state index in [0.717, 1.165) is 39.6 Å². The zero-order chi connectivity index (χ0) is 16.4. The highest BCUT2D eigenvalue weighted by atomic mass is 79.9. The van der Waals surface area contributed by atoms with Crippen molar-refractivity contribution in [2.45, 2.75) is 12.8 Å². The Morgan fingerprint density at radius 2 is 1.87 bits per heavy atom. The van der Waals surface area contributed by atoms with Gasteiger partial charge in [-0.05, 0) is 54.3 Å². The molecule has 0 saturated carbocycles. The Bertz CT molecular complexity index is 804. The molecule has 3 nitrogen and oxygen atoms in total. The Labute approximate surface area is 143 Å². The molecule has 0 radical (unpaired) electrons. The van der Waals surface area contributed by atoms with Crippen LogP contribution in [0.25, 0.3) is 6.08 Å². The third kappa shape index (κ3) is 3.27. The van der Waals surface area contributed by atoms with Crippen LogP contribution in [0.5, 0.6) is 0 Å². The van der Waals surface area contributed by atoms with Crippen molar-refractivity contribution in [3.05, 3.63) is 74.8 Å². The number of hydrogen-bond acceptors (Lipinski definition) is 3. The maximum Gasteiger partial charge on any atom is 0.337 e. The average molecular weight is 371 g/mol. The van der Waals surface area contributed by atoms with Crippen molar-refractivity contribution in [3.8, 4) is 0 Å². The van der Waals surface area contributed by atoms with Crippen LogP contribution in [0.3, 0.4) is 0 Å². The van der Waals surface area contributed by atoms with Gasteiger partial charge in [-0.25, -0.2) is 4.79 Å². The van der Waals surface area contributed by atoms with E-state index in [-0.39, 0.29) is 11.8 Å². The number of esters is 1. The van der Waals surface area contributed by atoms with E-state index in [1.165, 1.54) is 7.11 Å². The number of aryl methyl sites for hydroxylation is 1. The number of rotatable bonds is 2. The maximum absolute atomic E-state index is 12.6. The first-order valence-electron chi connectivity index (χ1n) is 7.30. The molecule has 0 N–H and O–H groups in total. The fourth-order valence-electron chi connectivity index (χ4n) is 2.71. The fourth-order valence-corrected chi connectivity index (χ4v) is 3.07. The normalized spacial score (nSPS) is 15.4. The van der Waals surface area contributed by atoms with Crippen molar-refractivity contribution in [1.82, 2.24) is 0 Å². The first kappa shape index (κ1) is 15.7. The molecule has 116 valence electrons. The van der Waals surface area contributed by atoms with Crippen molar-refractivity contribution in [1.29, 1.82) is 0 Å². The molecule has 0 saturated heterocycles. The number of Topliss-reactive ketones (excluding diaryl/α,β-unsaturated/α-hetero) is 1. The third-order valence-electron chi connectivity index (χ3n) is 3.94. The molecule has 1 aliphatic rings. The molecule has 0 fully saturated rings. The predicted molar refractivity (Wildman–Crippen MR) is 92.6 cm³/mol. The van der Waals surface area contributed by atoms with E-state index in [1.54, 1.807) is 12.1 Å². The molecule has 0 unspecified atom stereocenters. The fraction of sp³-hybridized carbons (Fsp3) is 0.158. The van der Waals surface area contributed by atoms with Gasteiger partial charge < -0.3 is 4.74 Å². The topological polar surface area (TPSA) is 43.4 Å². The van der Waals surface area contributed by atoms with Crippen LogP contribution in [-0.2, 0) is 11.2 Å². The van der Waals surface area contributed by atoms with Crippen LogP contribution in [0.15, 0.2) is 52.5 Å². The van der Waals surface area contributed by atoms with Crippen LogP contribution >= 0.6 is 15.9 Å². The molecular formula is C19H15BrO3. The summed E-state index contributed by atoms with van der Waals surface area (Å²) in [6.07, 6.45) is 3.49. The second-order valence-corrected chi connectivity index (χ2v) is 6.33. The molecule has 2 aromatic carbocycles. The standard InChI is InChI=1S/C19H15BrO3/c1-23-19(22)14-4-2-12(3-5-14)10-15-7-6-13-8-9-16(20)11-17(13)18(15)21/h2-5,8-11H,6-7H2,1H3. The van der Waals surface area contributed by atoms with E-state index in [9.17, 15) is 9.59 Å². The minimum atomic E-state index is -0.364. The van der Waals surface area contributed by atoms with Crippen molar-refractivity contribution >= 4 is 33.8 Å². The molecule has 0 bridgehead atoms. The average Bonchev–Trinajstić information content (AvgIpc) is 2.58. The Balaban J connectivity index is 1.89. The zero-order valence-electron chi connectivity index (χ0n) is 12.6. The summed E-state index contributed by atoms with van der Waals surface area (Å²) in [4.78, 5) is 24.1. The number of carbonyl (C=O) groups excluding carboxylic acids is 2. The summed E-state index contributed by atoms with van der Waals surface area (Å²) in [7, 11) is 1.36. The summed E-state index contributed by atoms with van der Waals surface area (Å²) >= 11 is 3.42. The summed E-state index contributed by atoms with van der Waals surface area (Å²) in [6.45, 7) is 0. The molecule has 0 atom stereocenters. The zero-order valence-corrected chi connectivity index (χ0v) is 14.2. The van der Waals surface area contributed by atoms with Crippen molar-refractivity contribution in [2.75, 3.05) is 7.11 Å². The molecule has 0 amide bonds. The van der Waals surface area contributed by atoms with E-state index in [2.05, 4.69) is 20.7 Å². The van der Waals surface area contributed by atoms with E-state index in [4.69, 9.17) is 0 Å². The lowest BCUT2D eigenvalue weighted by Gasteiger charge is -2.17. The lowest BCUT2D eigenvalue weighted by Crippen LogP contribution is -2.14. The molecule has 0 aliphatic heterocycles. The smallest absolute Gasteiger partial charge is 0.337 e. The van der Waals surface area contributed by atoms with Gasteiger partial charge in [-0.1, -0.05) is 34.1 Å². The molecule has 1 aliphatic carbocycles. The molecular weight excluding hydrogens is 356 g/mol. The van der Waals surface area contributed by atoms with Crippen molar-refractivity contribution in [2.24, 2.45) is 0 Å². The minimum Gasteiger partial charge on any atom is -0.465 e. The Morgan fingerprint density at radius 3 is 2.57 bits per heavy atom. The Hall–Kier alpha value is -2.20. The Morgan fingerprint density at radius 1 is 1.13 bits per heavy atom. The molecule has 0 aromatic heterocycles. The minimum absolute atomic E-state index is 0.0737. The van der Waals surface area contributed by atoms with Crippen LogP contribution in [0, 0.1) is 0 Å². The quantitative estimate of drug-likeness (QED) is 0.579. The number of carbonyl (C=O) groups is 2. The second kappa shape index (κ2) is 6.50. The molecule has 2 aromatic rings. The lowest BCUT2D eigenvalue weighted by atomic mass is 9.86. The second-order valence-electron chi connectivity index (χ2n) is 5.41. The molecule has 23 heavy (non-hydrogen) atoms. The van der Waals surface area contributed by atoms with Gasteiger partial charge in [0.25, 0.3) is 0 Å². The first-order valence-corrected chi connectivity index (χ1v) is 8.10. The van der Waals surface area contributed by atoms with E-state index in [1.807, 2.05) is 36.4 Å². The highest BCUT2D eigenvalue weighted by Crippen LogP contribution is 2.28. The van der Waals surface area contributed by atoms with Gasteiger partial charge in [0.05, 0.1) is 12.7 Å². The first-order chi connectivity index (χ1) is 11.1. The summed E-state index contributed by atoms with van der Waals surface area (Å²) < 4.78 is 5.59. The monoisotopic (exact) mass is 370 g/mol. The van der Waals surface area contributed by atoms with Crippen molar-refractivity contribution < 1.29 is 14.3 Å². The molecule has 3 rings (SSSR count). The summed E-state index contributed by atoms with van der Waals surface area (Å²) in [5.74, 6) is -0.290. The third-order valence-corrected chi connectivity index (χ3v) is 4.44. The number of halogens is 1. The van der Waals surface area contributed by atoms with Crippen molar-refractivity contribution in [3.63, 3.8) is 0 Å². The predicted octanol–water partition coefficient (Wildman–Crippen LogP) is 4.45. The van der Waals surface area contributed by atoms with Gasteiger partial charge in [-0.2, -0.15) is 0 Å². The van der Waals surface area contributed by atoms with Crippen LogP contribution in [0.1, 0.15) is 38.3 Å². The number of allylic oxidation sites excluding steroid dienone is 1. The van der Waals surface area contributed by atoms with Crippen LogP contribution < -0.4 is 0 Å². The van der Waals surface area contributed by atoms with E-state index < -0.39 is 0 Å². The molecule has 0 heterocycles. The number of fused-ring (bicyclic) bond motifs is 1. The summed E-state index contributed by atoms with van der Waals surface area (Å²) in [5, 5.41) is 0. The highest BCUT2D eigenvalue weighted by Gasteiger charge is 2.21. The van der Waals surface area contributed by atoms with Gasteiger partial charge in [0.2, 0.25) is 0 Å². The SMILES string of the molecule is COC(=O)c1ccc(C=C2CCc3ccc(Br)cc3C2=O)cc1. The maximum atomic E-state index is 12.6. The van der Waals surface area contributed by atoms with Gasteiger partial charge >= 0.3 is 5.97 Å². The number of ketones is 1. The largest absolute Gasteiger partial charge is 0.465 e. The Kier molecular flexibility index (Phi) is 4.44. The van der Waals surface area contributed by atoms with Crippen LogP contribution in [0.2, 0.25) is 0 Å². The molecule has 4 heteroatoms. The van der Waals surface area contributed by atoms with E-state index in [0.29, 0.717) is 5.56 Å². The lowest BCUT2D eigenvalue weighted by molar-refractivity contribution is 0.0600. The number of ether oxygens (including phenoxy) is 1. The van der Waals surface area contributed by atoms with Gasteiger partial charge in [-0.15, -0.1) is 0 Å². The van der Waals surface area contributed by atoms with Crippen LogP contribution in [0.4, 0.5) is 0 Å².